The maximum atomic E-state index is 12.7. The van der Waals surface area contributed by atoms with Crippen molar-refractivity contribution in [3.63, 3.8) is 0 Å². The predicted octanol–water partition coefficient (Wildman–Crippen LogP) is 3.27. The summed E-state index contributed by atoms with van der Waals surface area (Å²) in [5.74, 6) is 0.806. The Balaban J connectivity index is 1.59. The first-order valence-corrected chi connectivity index (χ1v) is 9.96. The fourth-order valence-corrected chi connectivity index (χ4v) is 4.73. The highest BCUT2D eigenvalue weighted by Crippen LogP contribution is 2.32. The van der Waals surface area contributed by atoms with Crippen LogP contribution in [0.25, 0.3) is 0 Å². The summed E-state index contributed by atoms with van der Waals surface area (Å²) in [7, 11) is 0. The number of nitrogens with zero attached hydrogens (tertiary/aromatic N) is 1. The van der Waals surface area contributed by atoms with Gasteiger partial charge in [0.05, 0.1) is 11.6 Å². The van der Waals surface area contributed by atoms with Gasteiger partial charge in [-0.25, -0.2) is 4.79 Å². The zero-order valence-corrected chi connectivity index (χ0v) is 15.4. The molecule has 1 N–H and O–H groups in total. The molecule has 27 heavy (non-hydrogen) atoms. The van der Waals surface area contributed by atoms with Crippen molar-refractivity contribution in [3.8, 4) is 6.07 Å². The van der Waals surface area contributed by atoms with Crippen LogP contribution in [0.4, 0.5) is 0 Å². The summed E-state index contributed by atoms with van der Waals surface area (Å²) in [6.07, 6.45) is 0.805. The standard InChI is InChI=1S/C21H18N2O3S/c22-12-21(8-9-27-13-21)23-19(24)15-6-7-17-16(10-15)11-18(26-20(17)25)14-4-2-1-3-5-14/h1-7,10,18H,8-9,11,13H2,(H,23,24). The van der Waals surface area contributed by atoms with Gasteiger partial charge in [-0.2, -0.15) is 17.0 Å². The highest BCUT2D eigenvalue weighted by molar-refractivity contribution is 7.99. The van der Waals surface area contributed by atoms with Gasteiger partial charge in [0.1, 0.15) is 11.6 Å². The number of rotatable bonds is 3. The fourth-order valence-electron chi connectivity index (χ4n) is 3.46. The first-order chi connectivity index (χ1) is 13.1. The lowest BCUT2D eigenvalue weighted by Gasteiger charge is -2.26. The van der Waals surface area contributed by atoms with E-state index >= 15 is 0 Å². The molecule has 0 spiro atoms. The van der Waals surface area contributed by atoms with Gasteiger partial charge < -0.3 is 10.1 Å². The summed E-state index contributed by atoms with van der Waals surface area (Å²) in [5, 5.41) is 12.3. The van der Waals surface area contributed by atoms with Crippen molar-refractivity contribution in [2.75, 3.05) is 11.5 Å². The minimum Gasteiger partial charge on any atom is -0.454 e. The molecule has 0 radical (unpaired) electrons. The average molecular weight is 378 g/mol. The summed E-state index contributed by atoms with van der Waals surface area (Å²) < 4.78 is 5.55. The number of esters is 1. The number of carbonyl (C=O) groups excluding carboxylic acids is 2. The zero-order valence-electron chi connectivity index (χ0n) is 14.6. The molecule has 0 aliphatic carbocycles. The Morgan fingerprint density at radius 1 is 1.26 bits per heavy atom. The number of amides is 1. The monoisotopic (exact) mass is 378 g/mol. The third-order valence-electron chi connectivity index (χ3n) is 5.00. The molecule has 4 rings (SSSR count). The minimum absolute atomic E-state index is 0.281. The first-order valence-electron chi connectivity index (χ1n) is 8.81. The molecule has 2 aliphatic rings. The van der Waals surface area contributed by atoms with Crippen molar-refractivity contribution >= 4 is 23.6 Å². The number of carbonyl (C=O) groups is 2. The van der Waals surface area contributed by atoms with Gasteiger partial charge >= 0.3 is 5.97 Å². The van der Waals surface area contributed by atoms with E-state index in [0.717, 1.165) is 16.9 Å². The lowest BCUT2D eigenvalue weighted by molar-refractivity contribution is 0.0252. The predicted molar refractivity (Wildman–Crippen MR) is 102 cm³/mol. The second kappa shape index (κ2) is 7.09. The van der Waals surface area contributed by atoms with Crippen LogP contribution < -0.4 is 5.32 Å². The summed E-state index contributed by atoms with van der Waals surface area (Å²) in [6.45, 7) is 0. The largest absolute Gasteiger partial charge is 0.454 e. The molecule has 2 aromatic rings. The smallest absolute Gasteiger partial charge is 0.339 e. The Labute approximate surface area is 161 Å². The number of hydrogen-bond donors (Lipinski definition) is 1. The molecule has 1 amide bonds. The zero-order chi connectivity index (χ0) is 18.9. The van der Waals surface area contributed by atoms with Gasteiger partial charge in [0.2, 0.25) is 0 Å². The molecule has 1 saturated heterocycles. The van der Waals surface area contributed by atoms with Gasteiger partial charge in [-0.15, -0.1) is 0 Å². The Hall–Kier alpha value is -2.78. The second-order valence-corrected chi connectivity index (χ2v) is 7.94. The van der Waals surface area contributed by atoms with Gasteiger partial charge in [0.15, 0.2) is 0 Å². The third-order valence-corrected chi connectivity index (χ3v) is 6.19. The lowest BCUT2D eigenvalue weighted by Crippen LogP contribution is -2.47. The summed E-state index contributed by atoms with van der Waals surface area (Å²) in [4.78, 5) is 25.1. The van der Waals surface area contributed by atoms with Gasteiger partial charge in [0, 0.05) is 17.7 Å². The molecule has 2 aliphatic heterocycles. The van der Waals surface area contributed by atoms with E-state index in [1.165, 1.54) is 0 Å². The number of cyclic esters (lactones) is 1. The van der Waals surface area contributed by atoms with Crippen LogP contribution in [-0.2, 0) is 11.2 Å². The van der Waals surface area contributed by atoms with Crippen molar-refractivity contribution in [2.24, 2.45) is 0 Å². The van der Waals surface area contributed by atoms with E-state index in [1.807, 2.05) is 30.3 Å². The summed E-state index contributed by atoms with van der Waals surface area (Å²) >= 11 is 1.67. The maximum Gasteiger partial charge on any atom is 0.339 e. The van der Waals surface area contributed by atoms with Crippen LogP contribution in [0, 0.1) is 11.3 Å². The molecule has 5 nitrogen and oxygen atoms in total. The molecule has 2 heterocycles. The van der Waals surface area contributed by atoms with Gasteiger partial charge in [-0.3, -0.25) is 4.79 Å². The molecular weight excluding hydrogens is 360 g/mol. The van der Waals surface area contributed by atoms with Crippen LogP contribution >= 0.6 is 11.8 Å². The Bertz CT molecular complexity index is 930. The molecule has 2 aromatic carbocycles. The van der Waals surface area contributed by atoms with Crippen LogP contribution in [0.15, 0.2) is 48.5 Å². The molecule has 1 fully saturated rings. The molecule has 6 heteroatoms. The number of thioether (sulfide) groups is 1. The normalized spacial score (nSPS) is 23.8. The van der Waals surface area contributed by atoms with E-state index in [0.29, 0.717) is 29.7 Å². The second-order valence-electron chi connectivity index (χ2n) is 6.83. The van der Waals surface area contributed by atoms with E-state index in [2.05, 4.69) is 11.4 Å². The fraction of sp³-hybridized carbons (Fsp3) is 0.286. The number of nitriles is 1. The molecular formula is C21H18N2O3S. The number of hydrogen-bond acceptors (Lipinski definition) is 5. The van der Waals surface area contributed by atoms with Gasteiger partial charge in [-0.05, 0) is 41.5 Å². The Kier molecular flexibility index (Phi) is 4.63. The van der Waals surface area contributed by atoms with Crippen molar-refractivity contribution < 1.29 is 14.3 Å². The molecule has 136 valence electrons. The SMILES string of the molecule is N#CC1(NC(=O)c2ccc3c(c2)CC(c2ccccc2)OC3=O)CCSC1. The lowest BCUT2D eigenvalue weighted by atomic mass is 9.92. The van der Waals surface area contributed by atoms with Crippen molar-refractivity contribution in [1.82, 2.24) is 5.32 Å². The van der Waals surface area contributed by atoms with E-state index in [-0.39, 0.29) is 18.0 Å². The number of ether oxygens (including phenoxy) is 1. The van der Waals surface area contributed by atoms with Crippen LogP contribution in [0.1, 0.15) is 44.4 Å². The van der Waals surface area contributed by atoms with E-state index in [4.69, 9.17) is 4.74 Å². The summed E-state index contributed by atoms with van der Waals surface area (Å²) in [6, 6.07) is 16.8. The number of benzene rings is 2. The maximum absolute atomic E-state index is 12.7. The quantitative estimate of drug-likeness (QED) is 0.830. The number of nitrogens with one attached hydrogen (secondary N) is 1. The van der Waals surface area contributed by atoms with Crippen LogP contribution in [0.5, 0.6) is 0 Å². The molecule has 2 atom stereocenters. The Morgan fingerprint density at radius 3 is 2.78 bits per heavy atom. The average Bonchev–Trinajstić information content (AvgIpc) is 3.17. The van der Waals surface area contributed by atoms with Crippen LogP contribution in [-0.4, -0.2) is 28.9 Å². The third kappa shape index (κ3) is 3.43. The van der Waals surface area contributed by atoms with Crippen molar-refractivity contribution in [1.29, 1.82) is 5.26 Å². The van der Waals surface area contributed by atoms with Crippen molar-refractivity contribution in [2.45, 2.75) is 24.5 Å². The molecule has 0 bridgehead atoms. The highest BCUT2D eigenvalue weighted by atomic mass is 32.2. The van der Waals surface area contributed by atoms with Crippen molar-refractivity contribution in [3.05, 3.63) is 70.8 Å². The summed E-state index contributed by atoms with van der Waals surface area (Å²) in [5.41, 5.74) is 1.87. The minimum atomic E-state index is -0.802. The van der Waals surface area contributed by atoms with Crippen LogP contribution in [0.3, 0.4) is 0 Å². The highest BCUT2D eigenvalue weighted by Gasteiger charge is 2.36. The topological polar surface area (TPSA) is 79.2 Å². The molecule has 0 aromatic heterocycles. The number of fused-ring (bicyclic) bond motifs is 1. The van der Waals surface area contributed by atoms with Gasteiger partial charge in [-0.1, -0.05) is 30.3 Å². The van der Waals surface area contributed by atoms with E-state index in [1.54, 1.807) is 30.0 Å². The first kappa shape index (κ1) is 17.6. The van der Waals surface area contributed by atoms with E-state index in [9.17, 15) is 14.9 Å². The van der Waals surface area contributed by atoms with E-state index < -0.39 is 5.54 Å². The Morgan fingerprint density at radius 2 is 2.07 bits per heavy atom. The van der Waals surface area contributed by atoms with Gasteiger partial charge in [0.25, 0.3) is 5.91 Å². The molecule has 2 unspecified atom stereocenters. The molecule has 0 saturated carbocycles. The van der Waals surface area contributed by atoms with Crippen LogP contribution in [0.2, 0.25) is 0 Å².